The Bertz CT molecular complexity index is 2660. The summed E-state index contributed by atoms with van der Waals surface area (Å²) >= 11 is 0. The van der Waals surface area contributed by atoms with Crippen LogP contribution in [0.4, 0.5) is 0 Å². The minimum absolute atomic E-state index is 0.509. The van der Waals surface area contributed by atoms with Crippen molar-refractivity contribution in [3.05, 3.63) is 163 Å². The van der Waals surface area contributed by atoms with Crippen molar-refractivity contribution in [3.63, 3.8) is 0 Å². The third-order valence-corrected chi connectivity index (χ3v) is 8.97. The highest BCUT2D eigenvalue weighted by Gasteiger charge is 2.16. The molecule has 230 valence electrons. The van der Waals surface area contributed by atoms with Crippen molar-refractivity contribution in [1.29, 1.82) is 0 Å². The molecule has 49 heavy (non-hydrogen) atoms. The smallest absolute Gasteiger partial charge is 0.182 e. The SMILES string of the molecule is Cc1cc(-c2ccccc2)c2ccc3ccc(-c4nc(-c5ccccc5)nc(-c5cccc(-c6cccc7ccccc67)c5)n4)nc3c2n1. The van der Waals surface area contributed by atoms with Crippen molar-refractivity contribution in [1.82, 2.24) is 24.9 Å². The third kappa shape index (κ3) is 5.28. The Morgan fingerprint density at radius 1 is 0.347 bits per heavy atom. The van der Waals surface area contributed by atoms with Crippen LogP contribution in [0.2, 0.25) is 0 Å². The summed E-state index contributed by atoms with van der Waals surface area (Å²) in [7, 11) is 0. The first-order valence-corrected chi connectivity index (χ1v) is 16.3. The maximum Gasteiger partial charge on any atom is 0.182 e. The molecule has 0 spiro atoms. The fourth-order valence-corrected chi connectivity index (χ4v) is 6.62. The summed E-state index contributed by atoms with van der Waals surface area (Å²) in [5.74, 6) is 1.69. The number of rotatable bonds is 5. The highest BCUT2D eigenvalue weighted by molar-refractivity contribution is 6.08. The van der Waals surface area contributed by atoms with E-state index in [2.05, 4.69) is 115 Å². The highest BCUT2D eigenvalue weighted by Crippen LogP contribution is 2.35. The lowest BCUT2D eigenvalue weighted by molar-refractivity contribution is 1.06. The molecule has 0 N–H and O–H groups in total. The normalized spacial score (nSPS) is 11.4. The number of aromatic nitrogens is 5. The summed E-state index contributed by atoms with van der Waals surface area (Å²) in [6.07, 6.45) is 0. The summed E-state index contributed by atoms with van der Waals surface area (Å²) in [5, 5.41) is 4.47. The quantitative estimate of drug-likeness (QED) is 0.178. The molecule has 0 fully saturated rings. The Morgan fingerprint density at radius 3 is 1.82 bits per heavy atom. The Kier molecular flexibility index (Phi) is 6.95. The van der Waals surface area contributed by atoms with Gasteiger partial charge >= 0.3 is 0 Å². The van der Waals surface area contributed by atoms with E-state index in [1.54, 1.807) is 0 Å². The van der Waals surface area contributed by atoms with Gasteiger partial charge in [0.1, 0.15) is 5.69 Å². The molecule has 0 aliphatic heterocycles. The number of fused-ring (bicyclic) bond motifs is 4. The number of nitrogens with zero attached hydrogens (tertiary/aromatic N) is 5. The molecule has 0 bridgehead atoms. The molecule has 0 saturated heterocycles. The van der Waals surface area contributed by atoms with Gasteiger partial charge in [-0.3, -0.25) is 4.98 Å². The molecule has 0 atom stereocenters. The van der Waals surface area contributed by atoms with E-state index in [4.69, 9.17) is 24.9 Å². The van der Waals surface area contributed by atoms with Crippen molar-refractivity contribution >= 4 is 32.6 Å². The molecule has 0 aliphatic carbocycles. The van der Waals surface area contributed by atoms with Crippen molar-refractivity contribution in [2.75, 3.05) is 0 Å². The molecule has 5 heteroatoms. The van der Waals surface area contributed by atoms with E-state index in [1.807, 2.05) is 49.4 Å². The predicted molar refractivity (Wildman–Crippen MR) is 200 cm³/mol. The second kappa shape index (κ2) is 11.9. The standard InChI is InChI=1S/C44H29N5/c1-28-26-38(30-12-4-2-5-13-30)37-24-22-31-23-25-39(46-40(31)41(37)45-28)44-48-42(32-15-6-3-7-16-32)47-43(49-44)34-19-10-18-33(27-34)36-21-11-17-29-14-8-9-20-35(29)36/h2-27H,1H3. The first-order valence-electron chi connectivity index (χ1n) is 16.3. The van der Waals surface area contributed by atoms with Crippen LogP contribution in [0.15, 0.2) is 158 Å². The second-order valence-corrected chi connectivity index (χ2v) is 12.2. The van der Waals surface area contributed by atoms with Crippen LogP contribution in [0.1, 0.15) is 5.69 Å². The van der Waals surface area contributed by atoms with Gasteiger partial charge in [0.15, 0.2) is 17.5 Å². The Morgan fingerprint density at radius 2 is 0.980 bits per heavy atom. The molecular weight excluding hydrogens is 599 g/mol. The Labute approximate surface area is 283 Å². The van der Waals surface area contributed by atoms with Gasteiger partial charge in [0, 0.05) is 27.6 Å². The zero-order valence-corrected chi connectivity index (χ0v) is 26.7. The summed E-state index contributed by atoms with van der Waals surface area (Å²) < 4.78 is 0. The maximum absolute atomic E-state index is 5.20. The third-order valence-electron chi connectivity index (χ3n) is 8.97. The topological polar surface area (TPSA) is 64.5 Å². The lowest BCUT2D eigenvalue weighted by Gasteiger charge is -2.12. The van der Waals surface area contributed by atoms with Crippen LogP contribution >= 0.6 is 0 Å². The molecule has 0 aliphatic rings. The number of benzene rings is 6. The van der Waals surface area contributed by atoms with E-state index in [-0.39, 0.29) is 0 Å². The fourth-order valence-electron chi connectivity index (χ4n) is 6.62. The van der Waals surface area contributed by atoms with Crippen LogP contribution in [0.25, 0.3) is 89.1 Å². The molecule has 0 radical (unpaired) electrons. The molecule has 3 heterocycles. The number of hydrogen-bond donors (Lipinski definition) is 0. The molecule has 0 unspecified atom stereocenters. The zero-order chi connectivity index (χ0) is 32.7. The van der Waals surface area contributed by atoms with Gasteiger partial charge in [-0.25, -0.2) is 19.9 Å². The van der Waals surface area contributed by atoms with Crippen molar-refractivity contribution in [3.8, 4) is 56.5 Å². The summed E-state index contributed by atoms with van der Waals surface area (Å²) in [5.41, 5.74) is 9.64. The van der Waals surface area contributed by atoms with Gasteiger partial charge in [-0.2, -0.15) is 0 Å². The first kappa shape index (κ1) is 28.6. The summed E-state index contributed by atoms with van der Waals surface area (Å²) in [4.78, 5) is 25.3. The van der Waals surface area contributed by atoms with Gasteiger partial charge in [-0.1, -0.05) is 140 Å². The number of aryl methyl sites for hydroxylation is 1. The molecule has 3 aromatic heterocycles. The zero-order valence-electron chi connectivity index (χ0n) is 26.7. The molecular formula is C44H29N5. The van der Waals surface area contributed by atoms with E-state index in [9.17, 15) is 0 Å². The van der Waals surface area contributed by atoms with Crippen molar-refractivity contribution < 1.29 is 0 Å². The predicted octanol–water partition coefficient (Wildman–Crippen LogP) is 10.8. The maximum atomic E-state index is 5.20. The molecule has 5 nitrogen and oxygen atoms in total. The Balaban J connectivity index is 1.23. The van der Waals surface area contributed by atoms with E-state index in [0.29, 0.717) is 23.2 Å². The van der Waals surface area contributed by atoms with E-state index < -0.39 is 0 Å². The fraction of sp³-hybridized carbons (Fsp3) is 0.0227. The first-order chi connectivity index (χ1) is 24.2. The second-order valence-electron chi connectivity index (χ2n) is 12.2. The van der Waals surface area contributed by atoms with Gasteiger partial charge in [0.25, 0.3) is 0 Å². The van der Waals surface area contributed by atoms with E-state index >= 15 is 0 Å². The van der Waals surface area contributed by atoms with Gasteiger partial charge in [-0.05, 0) is 58.1 Å². The van der Waals surface area contributed by atoms with Gasteiger partial charge in [0.2, 0.25) is 0 Å². The van der Waals surface area contributed by atoms with Crippen molar-refractivity contribution in [2.45, 2.75) is 6.92 Å². The summed E-state index contributed by atoms with van der Waals surface area (Å²) in [6.45, 7) is 2.03. The van der Waals surface area contributed by atoms with Crippen LogP contribution in [-0.2, 0) is 0 Å². The average molecular weight is 628 g/mol. The van der Waals surface area contributed by atoms with Gasteiger partial charge in [-0.15, -0.1) is 0 Å². The molecule has 0 saturated carbocycles. The Hall–Kier alpha value is -6.59. The molecule has 6 aromatic carbocycles. The van der Waals surface area contributed by atoms with Crippen LogP contribution in [0.5, 0.6) is 0 Å². The lowest BCUT2D eigenvalue weighted by atomic mass is 9.97. The van der Waals surface area contributed by atoms with E-state index in [0.717, 1.165) is 55.3 Å². The number of hydrogen-bond acceptors (Lipinski definition) is 5. The van der Waals surface area contributed by atoms with Gasteiger partial charge in [0.05, 0.1) is 11.0 Å². The average Bonchev–Trinajstić information content (AvgIpc) is 3.17. The van der Waals surface area contributed by atoms with Gasteiger partial charge < -0.3 is 0 Å². The van der Waals surface area contributed by atoms with Crippen LogP contribution in [0, 0.1) is 6.92 Å². The number of pyridine rings is 2. The van der Waals surface area contributed by atoms with Crippen LogP contribution < -0.4 is 0 Å². The minimum atomic E-state index is 0.509. The summed E-state index contributed by atoms with van der Waals surface area (Å²) in [6, 6.07) is 54.2. The van der Waals surface area contributed by atoms with E-state index in [1.165, 1.54) is 16.3 Å². The molecule has 9 rings (SSSR count). The monoisotopic (exact) mass is 627 g/mol. The van der Waals surface area contributed by atoms with Crippen LogP contribution in [0.3, 0.4) is 0 Å². The van der Waals surface area contributed by atoms with Crippen molar-refractivity contribution in [2.24, 2.45) is 0 Å². The largest absolute Gasteiger partial charge is 0.251 e. The highest BCUT2D eigenvalue weighted by atomic mass is 15.0. The molecule has 0 amide bonds. The lowest BCUT2D eigenvalue weighted by Crippen LogP contribution is -2.01. The minimum Gasteiger partial charge on any atom is -0.251 e. The van der Waals surface area contributed by atoms with Crippen LogP contribution in [-0.4, -0.2) is 24.9 Å². The molecule has 9 aromatic rings.